The van der Waals surface area contributed by atoms with E-state index in [2.05, 4.69) is 5.32 Å². The molecule has 25 heavy (non-hydrogen) atoms. The van der Waals surface area contributed by atoms with Gasteiger partial charge in [-0.05, 0) is 50.1 Å². The molecule has 2 aromatic rings. The minimum Gasteiger partial charge on any atom is -0.493 e. The van der Waals surface area contributed by atoms with Crippen LogP contribution in [0.2, 0.25) is 0 Å². The summed E-state index contributed by atoms with van der Waals surface area (Å²) in [5, 5.41) is 2.75. The number of aryl methyl sites for hydroxylation is 2. The third-order valence-electron chi connectivity index (χ3n) is 3.84. The van der Waals surface area contributed by atoms with Crippen LogP contribution in [0.25, 0.3) is 0 Å². The van der Waals surface area contributed by atoms with E-state index >= 15 is 0 Å². The number of carbonyl (C=O) groups excluding carboxylic acids is 2. The molecular formula is C20H23NO4. The molecule has 0 bridgehead atoms. The fourth-order valence-corrected chi connectivity index (χ4v) is 2.18. The molecule has 1 amide bonds. The van der Waals surface area contributed by atoms with Crippen LogP contribution < -0.4 is 10.1 Å². The molecule has 0 heterocycles. The van der Waals surface area contributed by atoms with Crippen molar-refractivity contribution in [3.8, 4) is 5.75 Å². The lowest BCUT2D eigenvalue weighted by Gasteiger charge is -2.11. The Hall–Kier alpha value is -2.82. The van der Waals surface area contributed by atoms with Gasteiger partial charge in [-0.15, -0.1) is 0 Å². The van der Waals surface area contributed by atoms with Gasteiger partial charge in [-0.25, -0.2) is 0 Å². The van der Waals surface area contributed by atoms with Crippen LogP contribution in [0.1, 0.15) is 23.1 Å². The van der Waals surface area contributed by atoms with E-state index in [1.165, 1.54) is 0 Å². The standard InChI is InChI=1S/C20H23NO4/c1-14-7-9-17(10-8-14)24-12-11-20(23)25-13-19(22)21-18-6-4-5-15(2)16(18)3/h4-10H,11-13H2,1-3H3,(H,21,22). The Bertz CT molecular complexity index is 738. The quantitative estimate of drug-likeness (QED) is 0.782. The number of ether oxygens (including phenoxy) is 2. The highest BCUT2D eigenvalue weighted by molar-refractivity contribution is 5.93. The van der Waals surface area contributed by atoms with Gasteiger partial charge in [-0.3, -0.25) is 9.59 Å². The largest absolute Gasteiger partial charge is 0.493 e. The first kappa shape index (κ1) is 18.5. The number of esters is 1. The van der Waals surface area contributed by atoms with Crippen molar-refractivity contribution in [3.63, 3.8) is 0 Å². The number of hydrogen-bond acceptors (Lipinski definition) is 4. The molecule has 0 saturated carbocycles. The number of amides is 1. The van der Waals surface area contributed by atoms with Gasteiger partial charge in [-0.2, -0.15) is 0 Å². The highest BCUT2D eigenvalue weighted by Crippen LogP contribution is 2.17. The van der Waals surface area contributed by atoms with E-state index in [0.717, 1.165) is 22.4 Å². The van der Waals surface area contributed by atoms with Crippen molar-refractivity contribution in [3.05, 3.63) is 59.2 Å². The van der Waals surface area contributed by atoms with Crippen LogP contribution in [0.3, 0.4) is 0 Å². The van der Waals surface area contributed by atoms with Crippen LogP contribution in [-0.4, -0.2) is 25.1 Å². The van der Waals surface area contributed by atoms with Crippen LogP contribution >= 0.6 is 0 Å². The fraction of sp³-hybridized carbons (Fsp3) is 0.300. The Kier molecular flexibility index (Phi) is 6.57. The highest BCUT2D eigenvalue weighted by atomic mass is 16.5. The molecule has 0 atom stereocenters. The minimum absolute atomic E-state index is 0.0879. The van der Waals surface area contributed by atoms with Crippen LogP contribution in [-0.2, 0) is 14.3 Å². The van der Waals surface area contributed by atoms with E-state index in [-0.39, 0.29) is 25.5 Å². The zero-order valence-electron chi connectivity index (χ0n) is 14.8. The van der Waals surface area contributed by atoms with Gasteiger partial charge in [0.2, 0.25) is 0 Å². The Balaban J connectivity index is 1.69. The van der Waals surface area contributed by atoms with Gasteiger partial charge < -0.3 is 14.8 Å². The molecule has 0 aliphatic carbocycles. The topological polar surface area (TPSA) is 64.6 Å². The summed E-state index contributed by atoms with van der Waals surface area (Å²) in [7, 11) is 0. The molecule has 0 saturated heterocycles. The van der Waals surface area contributed by atoms with Crippen molar-refractivity contribution in [2.24, 2.45) is 0 Å². The Morgan fingerprint density at radius 3 is 2.44 bits per heavy atom. The summed E-state index contributed by atoms with van der Waals surface area (Å²) in [6.07, 6.45) is 0.0879. The predicted octanol–water partition coefficient (Wildman–Crippen LogP) is 3.56. The predicted molar refractivity (Wildman–Crippen MR) is 96.8 cm³/mol. The van der Waals surface area contributed by atoms with Crippen molar-refractivity contribution >= 4 is 17.6 Å². The summed E-state index contributed by atoms with van der Waals surface area (Å²) in [4.78, 5) is 23.6. The van der Waals surface area contributed by atoms with E-state index < -0.39 is 5.97 Å². The third-order valence-corrected chi connectivity index (χ3v) is 3.84. The Labute approximate surface area is 148 Å². The zero-order chi connectivity index (χ0) is 18.2. The first-order valence-corrected chi connectivity index (χ1v) is 8.17. The van der Waals surface area contributed by atoms with Gasteiger partial charge in [-0.1, -0.05) is 29.8 Å². The molecule has 2 aromatic carbocycles. The van der Waals surface area contributed by atoms with Gasteiger partial charge in [0.25, 0.3) is 5.91 Å². The monoisotopic (exact) mass is 341 g/mol. The van der Waals surface area contributed by atoms with Gasteiger partial charge >= 0.3 is 5.97 Å². The van der Waals surface area contributed by atoms with Crippen molar-refractivity contribution in [2.45, 2.75) is 27.2 Å². The van der Waals surface area contributed by atoms with Gasteiger partial charge in [0.1, 0.15) is 5.75 Å². The number of carbonyl (C=O) groups is 2. The van der Waals surface area contributed by atoms with E-state index in [0.29, 0.717) is 5.75 Å². The summed E-state index contributed by atoms with van der Waals surface area (Å²) in [6, 6.07) is 13.2. The second-order valence-electron chi connectivity index (χ2n) is 5.87. The molecule has 0 aromatic heterocycles. The summed E-state index contributed by atoms with van der Waals surface area (Å²) >= 11 is 0. The molecule has 0 spiro atoms. The van der Waals surface area contributed by atoms with Crippen molar-refractivity contribution in [1.82, 2.24) is 0 Å². The normalized spacial score (nSPS) is 10.2. The van der Waals surface area contributed by atoms with Crippen molar-refractivity contribution < 1.29 is 19.1 Å². The maximum Gasteiger partial charge on any atom is 0.309 e. The Morgan fingerprint density at radius 1 is 1.00 bits per heavy atom. The van der Waals surface area contributed by atoms with Crippen LogP contribution in [0, 0.1) is 20.8 Å². The molecule has 5 heteroatoms. The number of anilines is 1. The summed E-state index contributed by atoms with van der Waals surface area (Å²) in [5.41, 5.74) is 3.95. The van der Waals surface area contributed by atoms with E-state index in [1.54, 1.807) is 0 Å². The number of hydrogen-bond donors (Lipinski definition) is 1. The van der Waals surface area contributed by atoms with E-state index in [9.17, 15) is 9.59 Å². The molecule has 5 nitrogen and oxygen atoms in total. The van der Waals surface area contributed by atoms with Crippen LogP contribution in [0.5, 0.6) is 5.75 Å². The molecule has 0 radical (unpaired) electrons. The lowest BCUT2D eigenvalue weighted by Crippen LogP contribution is -2.22. The lowest BCUT2D eigenvalue weighted by molar-refractivity contribution is -0.147. The molecule has 0 aliphatic rings. The molecule has 132 valence electrons. The molecule has 1 N–H and O–H groups in total. The smallest absolute Gasteiger partial charge is 0.309 e. The molecular weight excluding hydrogens is 318 g/mol. The first-order valence-electron chi connectivity index (χ1n) is 8.17. The zero-order valence-corrected chi connectivity index (χ0v) is 14.8. The summed E-state index contributed by atoms with van der Waals surface area (Å²) in [6.45, 7) is 5.79. The second-order valence-corrected chi connectivity index (χ2v) is 5.87. The molecule has 2 rings (SSSR count). The number of nitrogens with one attached hydrogen (secondary N) is 1. The maximum absolute atomic E-state index is 11.9. The van der Waals surface area contributed by atoms with E-state index in [1.807, 2.05) is 63.2 Å². The molecule has 0 aliphatic heterocycles. The fourth-order valence-electron chi connectivity index (χ4n) is 2.18. The number of rotatable bonds is 7. The SMILES string of the molecule is Cc1ccc(OCCC(=O)OCC(=O)Nc2cccc(C)c2C)cc1. The van der Waals surface area contributed by atoms with Gasteiger partial charge in [0.15, 0.2) is 6.61 Å². The second kappa shape index (κ2) is 8.87. The average Bonchev–Trinajstić information content (AvgIpc) is 2.59. The lowest BCUT2D eigenvalue weighted by atomic mass is 10.1. The third kappa shape index (κ3) is 5.95. The molecule has 0 fully saturated rings. The first-order chi connectivity index (χ1) is 12.0. The summed E-state index contributed by atoms with van der Waals surface area (Å²) < 4.78 is 10.4. The van der Waals surface area contributed by atoms with Crippen molar-refractivity contribution in [2.75, 3.05) is 18.5 Å². The number of benzene rings is 2. The highest BCUT2D eigenvalue weighted by Gasteiger charge is 2.10. The van der Waals surface area contributed by atoms with Crippen LogP contribution in [0.4, 0.5) is 5.69 Å². The minimum atomic E-state index is -0.469. The molecule has 0 unspecified atom stereocenters. The van der Waals surface area contributed by atoms with Crippen LogP contribution in [0.15, 0.2) is 42.5 Å². The maximum atomic E-state index is 11.9. The summed E-state index contributed by atoms with van der Waals surface area (Å²) in [5.74, 6) is -0.129. The average molecular weight is 341 g/mol. The van der Waals surface area contributed by atoms with Gasteiger partial charge in [0, 0.05) is 5.69 Å². The Morgan fingerprint density at radius 2 is 1.72 bits per heavy atom. The van der Waals surface area contributed by atoms with E-state index in [4.69, 9.17) is 9.47 Å². The van der Waals surface area contributed by atoms with Crippen molar-refractivity contribution in [1.29, 1.82) is 0 Å². The van der Waals surface area contributed by atoms with Gasteiger partial charge in [0.05, 0.1) is 13.0 Å².